The van der Waals surface area contributed by atoms with Gasteiger partial charge in [-0.3, -0.25) is 4.79 Å². The largest absolute Gasteiger partial charge is 0.411 e. The Kier molecular flexibility index (Phi) is 4.40. The minimum absolute atomic E-state index is 0.0373. The number of hydrogen-bond donors (Lipinski definition) is 1. The standard InChI is InChI=1S/C26H39NO2/c1-16-13-20-21(24(3)11-8-19(27-29)15-22(16)24)9-12-25(4)23(20)14-18-7-5-6-10-26(18,25)17(2)28/h15-16,18,20-21,23,29H,5-14H2,1-4H3/b27-19-/t16-,18+,20+,21-,23-,24+,25-,26-/m0/s1. The molecule has 3 nitrogen and oxygen atoms in total. The second-order valence-electron chi connectivity index (χ2n) is 11.8. The Bertz CT molecular complexity index is 784. The molecule has 0 aliphatic heterocycles. The molecule has 0 aromatic carbocycles. The van der Waals surface area contributed by atoms with Crippen molar-refractivity contribution in [2.45, 2.75) is 91.9 Å². The summed E-state index contributed by atoms with van der Waals surface area (Å²) < 4.78 is 0. The minimum Gasteiger partial charge on any atom is -0.411 e. The van der Waals surface area contributed by atoms with Crippen molar-refractivity contribution in [3.05, 3.63) is 11.6 Å². The molecule has 0 heterocycles. The second-order valence-corrected chi connectivity index (χ2v) is 11.8. The Morgan fingerprint density at radius 1 is 1.10 bits per heavy atom. The van der Waals surface area contributed by atoms with Gasteiger partial charge in [-0.15, -0.1) is 0 Å². The fraction of sp³-hybridized carbons (Fsp3) is 0.846. The van der Waals surface area contributed by atoms with Crippen LogP contribution in [0.2, 0.25) is 0 Å². The second kappa shape index (κ2) is 6.44. The van der Waals surface area contributed by atoms with Crippen LogP contribution >= 0.6 is 0 Å². The molecule has 29 heavy (non-hydrogen) atoms. The third kappa shape index (κ3) is 2.36. The zero-order chi connectivity index (χ0) is 20.6. The molecule has 0 aromatic rings. The lowest BCUT2D eigenvalue weighted by atomic mass is 9.43. The summed E-state index contributed by atoms with van der Waals surface area (Å²) in [6.45, 7) is 9.35. The quantitative estimate of drug-likeness (QED) is 0.411. The number of nitrogens with zero attached hydrogens (tertiary/aromatic N) is 1. The number of carbonyl (C=O) groups excluding carboxylic acids is 1. The lowest BCUT2D eigenvalue weighted by molar-refractivity contribution is -0.148. The topological polar surface area (TPSA) is 49.7 Å². The van der Waals surface area contributed by atoms with E-state index in [1.807, 2.05) is 6.92 Å². The lowest BCUT2D eigenvalue weighted by Gasteiger charge is -2.61. The summed E-state index contributed by atoms with van der Waals surface area (Å²) in [6.07, 6.45) is 14.3. The van der Waals surface area contributed by atoms with E-state index >= 15 is 0 Å². The van der Waals surface area contributed by atoms with E-state index in [0.717, 1.165) is 36.8 Å². The lowest BCUT2D eigenvalue weighted by Crippen LogP contribution is -2.56. The van der Waals surface area contributed by atoms with Crippen LogP contribution in [0.4, 0.5) is 0 Å². The minimum atomic E-state index is -0.0373. The van der Waals surface area contributed by atoms with Crippen LogP contribution in [-0.4, -0.2) is 16.7 Å². The average Bonchev–Trinajstić information content (AvgIpc) is 2.98. The van der Waals surface area contributed by atoms with Crippen molar-refractivity contribution in [2.24, 2.45) is 51.0 Å². The van der Waals surface area contributed by atoms with Crippen molar-refractivity contribution >= 4 is 11.5 Å². The Hall–Kier alpha value is -1.12. The SMILES string of the molecule is CC(=O)[C@@]12CCCC[C@@H]1C[C@H]1[C@@H]3C[C@H](C)C4=C/C(=N\O)CC[C@]4(C)[C@H]3CC[C@@]12C. The van der Waals surface area contributed by atoms with E-state index in [-0.39, 0.29) is 16.2 Å². The average molecular weight is 398 g/mol. The number of rotatable bonds is 1. The Balaban J connectivity index is 1.56. The van der Waals surface area contributed by atoms with Gasteiger partial charge in [-0.1, -0.05) is 44.3 Å². The fourth-order valence-electron chi connectivity index (χ4n) is 9.87. The van der Waals surface area contributed by atoms with Gasteiger partial charge in [0.1, 0.15) is 5.78 Å². The fourth-order valence-corrected chi connectivity index (χ4v) is 9.87. The van der Waals surface area contributed by atoms with E-state index in [4.69, 9.17) is 0 Å². The van der Waals surface area contributed by atoms with Gasteiger partial charge in [-0.25, -0.2) is 0 Å². The molecule has 5 aliphatic rings. The maximum absolute atomic E-state index is 13.2. The van der Waals surface area contributed by atoms with Crippen LogP contribution < -0.4 is 0 Å². The maximum atomic E-state index is 13.2. The van der Waals surface area contributed by atoms with Gasteiger partial charge in [0.25, 0.3) is 0 Å². The maximum Gasteiger partial charge on any atom is 0.136 e. The summed E-state index contributed by atoms with van der Waals surface area (Å²) >= 11 is 0. The summed E-state index contributed by atoms with van der Waals surface area (Å²) in [5.74, 6) is 3.87. The first-order chi connectivity index (χ1) is 13.8. The number of allylic oxidation sites excluding steroid dienone is 2. The summed E-state index contributed by atoms with van der Waals surface area (Å²) in [5.41, 5.74) is 2.82. The van der Waals surface area contributed by atoms with Crippen LogP contribution in [0, 0.1) is 45.8 Å². The molecule has 0 bridgehead atoms. The monoisotopic (exact) mass is 397 g/mol. The molecule has 1 N–H and O–H groups in total. The molecular weight excluding hydrogens is 358 g/mol. The van der Waals surface area contributed by atoms with Gasteiger partial charge >= 0.3 is 0 Å². The van der Waals surface area contributed by atoms with Crippen molar-refractivity contribution in [1.82, 2.24) is 0 Å². The van der Waals surface area contributed by atoms with Gasteiger partial charge in [0, 0.05) is 5.41 Å². The van der Waals surface area contributed by atoms with E-state index in [1.54, 1.807) is 0 Å². The molecular formula is C26H39NO2. The number of fused-ring (bicyclic) bond motifs is 7. The van der Waals surface area contributed by atoms with Crippen molar-refractivity contribution < 1.29 is 10.0 Å². The molecule has 3 heteroatoms. The normalized spacial score (nSPS) is 52.8. The van der Waals surface area contributed by atoms with Crippen LogP contribution in [0.3, 0.4) is 0 Å². The molecule has 0 amide bonds. The molecule has 5 aliphatic carbocycles. The highest BCUT2D eigenvalue weighted by molar-refractivity contribution is 5.96. The van der Waals surface area contributed by atoms with Crippen molar-refractivity contribution in [3.63, 3.8) is 0 Å². The number of hydrogen-bond acceptors (Lipinski definition) is 3. The number of ketones is 1. The van der Waals surface area contributed by atoms with Gasteiger partial charge in [0.2, 0.25) is 0 Å². The van der Waals surface area contributed by atoms with Gasteiger partial charge in [0.05, 0.1) is 5.71 Å². The molecule has 0 radical (unpaired) electrons. The van der Waals surface area contributed by atoms with Crippen LogP contribution in [0.15, 0.2) is 16.8 Å². The number of carbonyl (C=O) groups is 1. The van der Waals surface area contributed by atoms with E-state index < -0.39 is 0 Å². The highest BCUT2D eigenvalue weighted by Crippen LogP contribution is 2.74. The van der Waals surface area contributed by atoms with Crippen LogP contribution in [0.5, 0.6) is 0 Å². The third-order valence-electron chi connectivity index (χ3n) is 11.1. The summed E-state index contributed by atoms with van der Waals surface area (Å²) in [6, 6.07) is 0. The van der Waals surface area contributed by atoms with Crippen molar-refractivity contribution in [1.29, 1.82) is 0 Å². The summed E-state index contributed by atoms with van der Waals surface area (Å²) in [4.78, 5) is 13.2. The van der Waals surface area contributed by atoms with E-state index in [1.165, 1.54) is 50.5 Å². The highest BCUT2D eigenvalue weighted by atomic mass is 16.4. The Labute approximate surface area is 176 Å². The van der Waals surface area contributed by atoms with Crippen LogP contribution in [-0.2, 0) is 4.79 Å². The van der Waals surface area contributed by atoms with E-state index in [0.29, 0.717) is 23.5 Å². The molecule has 4 fully saturated rings. The van der Waals surface area contributed by atoms with E-state index in [2.05, 4.69) is 32.0 Å². The molecule has 4 saturated carbocycles. The van der Waals surface area contributed by atoms with Gasteiger partial charge in [-0.05, 0) is 105 Å². The Morgan fingerprint density at radius 3 is 2.62 bits per heavy atom. The number of oxime groups is 1. The van der Waals surface area contributed by atoms with Crippen molar-refractivity contribution in [3.8, 4) is 0 Å². The van der Waals surface area contributed by atoms with Gasteiger partial charge in [-0.2, -0.15) is 0 Å². The molecule has 0 spiro atoms. The van der Waals surface area contributed by atoms with Crippen LogP contribution in [0.25, 0.3) is 0 Å². The van der Waals surface area contributed by atoms with E-state index in [9.17, 15) is 10.0 Å². The first-order valence-electron chi connectivity index (χ1n) is 12.2. The molecule has 0 aromatic heterocycles. The smallest absolute Gasteiger partial charge is 0.136 e. The predicted octanol–water partition coefficient (Wildman–Crippen LogP) is 6.40. The molecule has 0 saturated heterocycles. The number of Topliss-reactive ketones (excluding diaryl/α,β-unsaturated/α-hetero) is 1. The van der Waals surface area contributed by atoms with Crippen molar-refractivity contribution in [2.75, 3.05) is 0 Å². The first kappa shape index (κ1) is 19.8. The molecule has 160 valence electrons. The van der Waals surface area contributed by atoms with Crippen LogP contribution in [0.1, 0.15) is 91.9 Å². The summed E-state index contributed by atoms with van der Waals surface area (Å²) in [5, 5.41) is 12.9. The summed E-state index contributed by atoms with van der Waals surface area (Å²) in [7, 11) is 0. The van der Waals surface area contributed by atoms with Gasteiger partial charge < -0.3 is 5.21 Å². The predicted molar refractivity (Wildman–Crippen MR) is 116 cm³/mol. The molecule has 5 rings (SSSR count). The zero-order valence-electron chi connectivity index (χ0n) is 18.8. The van der Waals surface area contributed by atoms with Gasteiger partial charge in [0.15, 0.2) is 0 Å². The third-order valence-corrected chi connectivity index (χ3v) is 11.1. The first-order valence-corrected chi connectivity index (χ1v) is 12.2. The molecule has 0 unspecified atom stereocenters. The molecule has 8 atom stereocenters. The highest BCUT2D eigenvalue weighted by Gasteiger charge is 2.69. The zero-order valence-corrected chi connectivity index (χ0v) is 18.8. The Morgan fingerprint density at radius 2 is 1.90 bits per heavy atom.